The van der Waals surface area contributed by atoms with E-state index in [1.54, 1.807) is 7.11 Å². The maximum Gasteiger partial charge on any atom is 0.0659 e. The van der Waals surface area contributed by atoms with Crippen LogP contribution in [-0.4, -0.2) is 30.0 Å². The molecule has 0 saturated heterocycles. The SMILES string of the molecule is COCCNCc1cnn(Cc2ccc(C(C)C)cc2)c1. The Kier molecular flexibility index (Phi) is 5.96. The monoisotopic (exact) mass is 287 g/mol. The molecule has 1 aromatic carbocycles. The molecule has 1 heterocycles. The molecule has 0 fully saturated rings. The van der Waals surface area contributed by atoms with Crippen molar-refractivity contribution in [3.05, 3.63) is 53.3 Å². The summed E-state index contributed by atoms with van der Waals surface area (Å²) in [6, 6.07) is 8.79. The zero-order valence-corrected chi connectivity index (χ0v) is 13.2. The normalized spacial score (nSPS) is 11.2. The van der Waals surface area contributed by atoms with Gasteiger partial charge in [0, 0.05) is 32.0 Å². The van der Waals surface area contributed by atoms with Gasteiger partial charge in [-0.05, 0) is 17.0 Å². The molecule has 0 saturated carbocycles. The fourth-order valence-corrected chi connectivity index (χ4v) is 2.19. The molecule has 2 rings (SSSR count). The highest BCUT2D eigenvalue weighted by atomic mass is 16.5. The van der Waals surface area contributed by atoms with Crippen LogP contribution in [0.5, 0.6) is 0 Å². The third-order valence-corrected chi connectivity index (χ3v) is 3.49. The lowest BCUT2D eigenvalue weighted by Crippen LogP contribution is -2.18. The first-order chi connectivity index (χ1) is 10.2. The van der Waals surface area contributed by atoms with Crippen LogP contribution in [0.3, 0.4) is 0 Å². The molecule has 0 aliphatic rings. The average molecular weight is 287 g/mol. The van der Waals surface area contributed by atoms with E-state index in [4.69, 9.17) is 4.74 Å². The number of nitrogens with one attached hydrogen (secondary N) is 1. The topological polar surface area (TPSA) is 39.1 Å². The third-order valence-electron chi connectivity index (χ3n) is 3.49. The summed E-state index contributed by atoms with van der Waals surface area (Å²) in [5.74, 6) is 0.577. The standard InChI is InChI=1S/C17H25N3O/c1-14(2)17-6-4-15(5-7-17)12-20-13-16(11-19-20)10-18-8-9-21-3/h4-7,11,13-14,18H,8-10,12H2,1-3H3. The molecule has 0 unspecified atom stereocenters. The predicted octanol–water partition coefficient (Wildman–Crippen LogP) is 2.79. The summed E-state index contributed by atoms with van der Waals surface area (Å²) in [6.07, 6.45) is 4.01. The molecule has 21 heavy (non-hydrogen) atoms. The number of ether oxygens (including phenoxy) is 1. The van der Waals surface area contributed by atoms with Crippen molar-refractivity contribution in [1.82, 2.24) is 15.1 Å². The zero-order chi connectivity index (χ0) is 15.1. The number of nitrogens with zero attached hydrogens (tertiary/aromatic N) is 2. The second kappa shape index (κ2) is 7.96. The molecule has 0 amide bonds. The van der Waals surface area contributed by atoms with Gasteiger partial charge >= 0.3 is 0 Å². The maximum absolute atomic E-state index is 5.01. The molecular weight excluding hydrogens is 262 g/mol. The van der Waals surface area contributed by atoms with E-state index in [0.717, 1.165) is 26.2 Å². The summed E-state index contributed by atoms with van der Waals surface area (Å²) in [6.45, 7) is 7.66. The van der Waals surface area contributed by atoms with Gasteiger partial charge in [-0.25, -0.2) is 0 Å². The average Bonchev–Trinajstić information content (AvgIpc) is 2.92. The number of hydrogen-bond acceptors (Lipinski definition) is 3. The molecule has 0 radical (unpaired) electrons. The summed E-state index contributed by atoms with van der Waals surface area (Å²) in [5, 5.41) is 7.73. The Hall–Kier alpha value is -1.65. The first-order valence-corrected chi connectivity index (χ1v) is 7.49. The van der Waals surface area contributed by atoms with Gasteiger partial charge in [-0.3, -0.25) is 4.68 Å². The predicted molar refractivity (Wildman–Crippen MR) is 85.4 cm³/mol. The quantitative estimate of drug-likeness (QED) is 0.759. The van der Waals surface area contributed by atoms with Crippen LogP contribution in [0, 0.1) is 0 Å². The molecule has 0 bridgehead atoms. The fourth-order valence-electron chi connectivity index (χ4n) is 2.19. The molecule has 1 N–H and O–H groups in total. The van der Waals surface area contributed by atoms with Gasteiger partial charge in [0.2, 0.25) is 0 Å². The Bertz CT molecular complexity index is 531. The second-order valence-corrected chi connectivity index (χ2v) is 5.61. The van der Waals surface area contributed by atoms with Crippen molar-refractivity contribution in [3.8, 4) is 0 Å². The van der Waals surface area contributed by atoms with Gasteiger partial charge < -0.3 is 10.1 Å². The number of hydrogen-bond donors (Lipinski definition) is 1. The number of rotatable bonds is 8. The van der Waals surface area contributed by atoms with Crippen LogP contribution in [0.15, 0.2) is 36.7 Å². The Balaban J connectivity index is 1.86. The molecule has 0 atom stereocenters. The highest BCUT2D eigenvalue weighted by molar-refractivity contribution is 5.24. The molecule has 114 valence electrons. The van der Waals surface area contributed by atoms with Crippen LogP contribution in [0.1, 0.15) is 36.5 Å². The summed E-state index contributed by atoms with van der Waals surface area (Å²) in [7, 11) is 1.71. The van der Waals surface area contributed by atoms with Crippen LogP contribution in [0.4, 0.5) is 0 Å². The highest BCUT2D eigenvalue weighted by Gasteiger charge is 2.02. The lowest BCUT2D eigenvalue weighted by atomic mass is 10.0. The van der Waals surface area contributed by atoms with Crippen LogP contribution >= 0.6 is 0 Å². The van der Waals surface area contributed by atoms with E-state index in [2.05, 4.69) is 54.7 Å². The number of benzene rings is 1. The summed E-state index contributed by atoms with van der Waals surface area (Å²) in [5.41, 5.74) is 3.86. The minimum Gasteiger partial charge on any atom is -0.383 e. The van der Waals surface area contributed by atoms with Gasteiger partial charge in [-0.2, -0.15) is 5.10 Å². The molecule has 0 spiro atoms. The van der Waals surface area contributed by atoms with Crippen LogP contribution in [0.2, 0.25) is 0 Å². The summed E-state index contributed by atoms with van der Waals surface area (Å²) < 4.78 is 6.99. The first kappa shape index (κ1) is 15.7. The summed E-state index contributed by atoms with van der Waals surface area (Å²) in [4.78, 5) is 0. The van der Waals surface area contributed by atoms with Crippen molar-refractivity contribution < 1.29 is 4.74 Å². The van der Waals surface area contributed by atoms with E-state index in [-0.39, 0.29) is 0 Å². The van der Waals surface area contributed by atoms with Crippen LogP contribution < -0.4 is 5.32 Å². The van der Waals surface area contributed by atoms with E-state index in [1.165, 1.54) is 16.7 Å². The highest BCUT2D eigenvalue weighted by Crippen LogP contribution is 2.15. The van der Waals surface area contributed by atoms with Crippen molar-refractivity contribution in [1.29, 1.82) is 0 Å². The summed E-state index contributed by atoms with van der Waals surface area (Å²) >= 11 is 0. The zero-order valence-electron chi connectivity index (χ0n) is 13.2. The lowest BCUT2D eigenvalue weighted by Gasteiger charge is -2.07. The lowest BCUT2D eigenvalue weighted by molar-refractivity contribution is 0.199. The Morgan fingerprint density at radius 3 is 2.62 bits per heavy atom. The van der Waals surface area contributed by atoms with Crippen LogP contribution in [-0.2, 0) is 17.8 Å². The first-order valence-electron chi connectivity index (χ1n) is 7.49. The van der Waals surface area contributed by atoms with Gasteiger partial charge in [-0.1, -0.05) is 38.1 Å². The van der Waals surface area contributed by atoms with E-state index in [1.807, 2.05) is 10.9 Å². The molecular formula is C17H25N3O. The van der Waals surface area contributed by atoms with E-state index in [9.17, 15) is 0 Å². The number of methoxy groups -OCH3 is 1. The van der Waals surface area contributed by atoms with Crippen molar-refractivity contribution in [2.45, 2.75) is 32.9 Å². The van der Waals surface area contributed by atoms with Crippen molar-refractivity contribution in [3.63, 3.8) is 0 Å². The van der Waals surface area contributed by atoms with Crippen molar-refractivity contribution >= 4 is 0 Å². The minimum absolute atomic E-state index is 0.577. The van der Waals surface area contributed by atoms with Gasteiger partial charge in [0.15, 0.2) is 0 Å². The van der Waals surface area contributed by atoms with E-state index >= 15 is 0 Å². The minimum atomic E-state index is 0.577. The van der Waals surface area contributed by atoms with Crippen molar-refractivity contribution in [2.24, 2.45) is 0 Å². The van der Waals surface area contributed by atoms with Crippen molar-refractivity contribution in [2.75, 3.05) is 20.3 Å². The van der Waals surface area contributed by atoms with Gasteiger partial charge in [-0.15, -0.1) is 0 Å². The van der Waals surface area contributed by atoms with Gasteiger partial charge in [0.1, 0.15) is 0 Å². The Morgan fingerprint density at radius 1 is 1.19 bits per heavy atom. The molecule has 4 nitrogen and oxygen atoms in total. The molecule has 1 aromatic heterocycles. The van der Waals surface area contributed by atoms with Gasteiger partial charge in [0.05, 0.1) is 19.3 Å². The Labute approximate surface area is 127 Å². The molecule has 2 aromatic rings. The van der Waals surface area contributed by atoms with E-state index < -0.39 is 0 Å². The Morgan fingerprint density at radius 2 is 1.95 bits per heavy atom. The molecule has 4 heteroatoms. The molecule has 0 aliphatic heterocycles. The van der Waals surface area contributed by atoms with Crippen LogP contribution in [0.25, 0.3) is 0 Å². The molecule has 0 aliphatic carbocycles. The second-order valence-electron chi connectivity index (χ2n) is 5.61. The van der Waals surface area contributed by atoms with Gasteiger partial charge in [0.25, 0.3) is 0 Å². The smallest absolute Gasteiger partial charge is 0.0659 e. The number of aromatic nitrogens is 2. The largest absolute Gasteiger partial charge is 0.383 e. The third kappa shape index (κ3) is 4.99. The fraction of sp³-hybridized carbons (Fsp3) is 0.471. The maximum atomic E-state index is 5.01. The van der Waals surface area contributed by atoms with E-state index in [0.29, 0.717) is 5.92 Å².